The predicted molar refractivity (Wildman–Crippen MR) is 74.5 cm³/mol. The zero-order valence-corrected chi connectivity index (χ0v) is 12.0. The van der Waals surface area contributed by atoms with E-state index in [1.807, 2.05) is 18.2 Å². The summed E-state index contributed by atoms with van der Waals surface area (Å²) >= 11 is 0. The quantitative estimate of drug-likeness (QED) is 0.816. The lowest BCUT2D eigenvalue weighted by Gasteiger charge is -2.32. The third-order valence-electron chi connectivity index (χ3n) is 2.67. The second kappa shape index (κ2) is 5.72. The van der Waals surface area contributed by atoms with Gasteiger partial charge in [-0.05, 0) is 33.3 Å². The molecule has 2 unspecified atom stereocenters. The van der Waals surface area contributed by atoms with E-state index in [9.17, 15) is 9.90 Å². The SMILES string of the molecule is CC(O)CC(N)(C(=O)OC(C)(C)C)c1ccccc1. The summed E-state index contributed by atoms with van der Waals surface area (Å²) in [7, 11) is 0. The van der Waals surface area contributed by atoms with E-state index in [0.29, 0.717) is 5.56 Å². The van der Waals surface area contributed by atoms with Gasteiger partial charge in [0, 0.05) is 6.42 Å². The summed E-state index contributed by atoms with van der Waals surface area (Å²) in [6.07, 6.45) is -0.580. The Morgan fingerprint density at radius 1 is 1.32 bits per heavy atom. The summed E-state index contributed by atoms with van der Waals surface area (Å²) in [5.74, 6) is -0.521. The molecule has 0 heterocycles. The van der Waals surface area contributed by atoms with E-state index < -0.39 is 23.2 Å². The number of aliphatic hydroxyl groups is 1. The highest BCUT2D eigenvalue weighted by Gasteiger charge is 2.40. The maximum Gasteiger partial charge on any atom is 0.331 e. The average Bonchev–Trinajstić information content (AvgIpc) is 2.26. The summed E-state index contributed by atoms with van der Waals surface area (Å²) in [5, 5.41) is 9.61. The highest BCUT2D eigenvalue weighted by Crippen LogP contribution is 2.27. The molecule has 0 radical (unpaired) electrons. The van der Waals surface area contributed by atoms with Gasteiger partial charge in [0.15, 0.2) is 0 Å². The number of aliphatic hydroxyl groups excluding tert-OH is 1. The molecule has 106 valence electrons. The molecule has 4 heteroatoms. The van der Waals surface area contributed by atoms with Gasteiger partial charge in [-0.25, -0.2) is 4.79 Å². The fourth-order valence-corrected chi connectivity index (χ4v) is 1.89. The van der Waals surface area contributed by atoms with E-state index in [1.54, 1.807) is 39.8 Å². The van der Waals surface area contributed by atoms with Crippen molar-refractivity contribution in [3.8, 4) is 0 Å². The molecular weight excluding hydrogens is 242 g/mol. The van der Waals surface area contributed by atoms with Crippen LogP contribution in [0.25, 0.3) is 0 Å². The first-order chi connectivity index (χ1) is 8.65. The minimum Gasteiger partial charge on any atom is -0.458 e. The molecule has 2 atom stereocenters. The van der Waals surface area contributed by atoms with Gasteiger partial charge in [-0.15, -0.1) is 0 Å². The summed E-state index contributed by atoms with van der Waals surface area (Å²) in [5.41, 5.74) is 4.93. The molecule has 0 aromatic heterocycles. The van der Waals surface area contributed by atoms with E-state index in [4.69, 9.17) is 10.5 Å². The van der Waals surface area contributed by atoms with Crippen molar-refractivity contribution < 1.29 is 14.6 Å². The highest BCUT2D eigenvalue weighted by molar-refractivity contribution is 5.82. The third-order valence-corrected chi connectivity index (χ3v) is 2.67. The Hall–Kier alpha value is -1.39. The van der Waals surface area contributed by atoms with Gasteiger partial charge in [-0.2, -0.15) is 0 Å². The van der Waals surface area contributed by atoms with Crippen LogP contribution < -0.4 is 5.73 Å². The maximum atomic E-state index is 12.4. The predicted octanol–water partition coefficient (Wildman–Crippen LogP) is 1.95. The van der Waals surface area contributed by atoms with Gasteiger partial charge in [-0.1, -0.05) is 30.3 Å². The smallest absolute Gasteiger partial charge is 0.331 e. The van der Waals surface area contributed by atoms with Crippen LogP contribution in [-0.2, 0) is 15.1 Å². The fourth-order valence-electron chi connectivity index (χ4n) is 1.89. The first kappa shape index (κ1) is 15.7. The van der Waals surface area contributed by atoms with Gasteiger partial charge in [0.05, 0.1) is 6.10 Å². The Balaban J connectivity index is 3.10. The molecule has 1 aromatic carbocycles. The van der Waals surface area contributed by atoms with Gasteiger partial charge in [0.2, 0.25) is 0 Å². The summed E-state index contributed by atoms with van der Waals surface area (Å²) in [6, 6.07) is 9.01. The number of nitrogens with two attached hydrogens (primary N) is 1. The first-order valence-electron chi connectivity index (χ1n) is 6.41. The topological polar surface area (TPSA) is 72.5 Å². The van der Waals surface area contributed by atoms with Gasteiger partial charge in [0.1, 0.15) is 11.1 Å². The van der Waals surface area contributed by atoms with Crippen molar-refractivity contribution in [3.63, 3.8) is 0 Å². The summed E-state index contributed by atoms with van der Waals surface area (Å²) < 4.78 is 5.38. The van der Waals surface area contributed by atoms with Crippen LogP contribution in [0.2, 0.25) is 0 Å². The number of carbonyl (C=O) groups is 1. The number of hydrogen-bond donors (Lipinski definition) is 2. The zero-order chi connectivity index (χ0) is 14.7. The molecule has 0 saturated heterocycles. The molecular formula is C15H23NO3. The lowest BCUT2D eigenvalue weighted by atomic mass is 9.85. The van der Waals surface area contributed by atoms with Crippen LogP contribution in [0, 0.1) is 0 Å². The van der Waals surface area contributed by atoms with Gasteiger partial charge in [0.25, 0.3) is 0 Å². The Morgan fingerprint density at radius 3 is 2.26 bits per heavy atom. The van der Waals surface area contributed by atoms with Crippen LogP contribution >= 0.6 is 0 Å². The van der Waals surface area contributed by atoms with E-state index in [1.165, 1.54) is 0 Å². The Morgan fingerprint density at radius 2 is 1.84 bits per heavy atom. The molecule has 0 amide bonds. The van der Waals surface area contributed by atoms with Crippen LogP contribution in [0.1, 0.15) is 39.7 Å². The van der Waals surface area contributed by atoms with Crippen molar-refractivity contribution in [3.05, 3.63) is 35.9 Å². The molecule has 4 nitrogen and oxygen atoms in total. The van der Waals surface area contributed by atoms with Crippen LogP contribution in [0.15, 0.2) is 30.3 Å². The molecule has 0 aliphatic rings. The largest absolute Gasteiger partial charge is 0.458 e. The number of esters is 1. The molecule has 0 spiro atoms. The molecule has 0 aliphatic heterocycles. The standard InChI is InChI=1S/C15H23NO3/c1-11(17)10-15(16,12-8-6-5-7-9-12)13(18)19-14(2,3)4/h5-9,11,17H,10,16H2,1-4H3. The van der Waals surface area contributed by atoms with Gasteiger partial charge < -0.3 is 15.6 Å². The molecule has 0 fully saturated rings. The number of ether oxygens (including phenoxy) is 1. The normalized spacial score (nSPS) is 16.5. The van der Waals surface area contributed by atoms with Crippen LogP contribution in [-0.4, -0.2) is 22.8 Å². The van der Waals surface area contributed by atoms with Crippen molar-refractivity contribution in [2.75, 3.05) is 0 Å². The zero-order valence-electron chi connectivity index (χ0n) is 12.0. The molecule has 19 heavy (non-hydrogen) atoms. The van der Waals surface area contributed by atoms with Crippen LogP contribution in [0.3, 0.4) is 0 Å². The Kier molecular flexibility index (Phi) is 4.71. The van der Waals surface area contributed by atoms with E-state index >= 15 is 0 Å². The van der Waals surface area contributed by atoms with Crippen molar-refractivity contribution in [2.24, 2.45) is 5.73 Å². The molecule has 3 N–H and O–H groups in total. The van der Waals surface area contributed by atoms with E-state index in [2.05, 4.69) is 0 Å². The number of carbonyl (C=O) groups excluding carboxylic acids is 1. The second-order valence-electron chi connectivity index (χ2n) is 5.89. The van der Waals surface area contributed by atoms with Crippen LogP contribution in [0.4, 0.5) is 0 Å². The minimum atomic E-state index is -1.33. The van der Waals surface area contributed by atoms with Crippen molar-refractivity contribution >= 4 is 5.97 Å². The number of benzene rings is 1. The Bertz CT molecular complexity index is 423. The van der Waals surface area contributed by atoms with Crippen LogP contribution in [0.5, 0.6) is 0 Å². The molecule has 0 saturated carbocycles. The van der Waals surface area contributed by atoms with Crippen molar-refractivity contribution in [1.29, 1.82) is 0 Å². The lowest BCUT2D eigenvalue weighted by molar-refractivity contribution is -0.163. The lowest BCUT2D eigenvalue weighted by Crippen LogP contribution is -2.50. The third kappa shape index (κ3) is 4.33. The number of rotatable bonds is 4. The van der Waals surface area contributed by atoms with E-state index in [0.717, 1.165) is 0 Å². The van der Waals surface area contributed by atoms with Crippen molar-refractivity contribution in [1.82, 2.24) is 0 Å². The average molecular weight is 265 g/mol. The molecule has 0 aliphatic carbocycles. The first-order valence-corrected chi connectivity index (χ1v) is 6.41. The summed E-state index contributed by atoms with van der Waals surface area (Å²) in [6.45, 7) is 6.98. The van der Waals surface area contributed by atoms with Crippen molar-refractivity contribution in [2.45, 2.75) is 51.4 Å². The Labute approximate surface area is 114 Å². The second-order valence-corrected chi connectivity index (χ2v) is 5.89. The highest BCUT2D eigenvalue weighted by atomic mass is 16.6. The molecule has 1 aromatic rings. The maximum absolute atomic E-state index is 12.4. The van der Waals surface area contributed by atoms with Gasteiger partial charge in [-0.3, -0.25) is 0 Å². The summed E-state index contributed by atoms with van der Waals surface area (Å²) in [4.78, 5) is 12.4. The molecule has 0 bridgehead atoms. The molecule has 1 rings (SSSR count). The van der Waals surface area contributed by atoms with E-state index in [-0.39, 0.29) is 6.42 Å². The monoisotopic (exact) mass is 265 g/mol. The van der Waals surface area contributed by atoms with Gasteiger partial charge >= 0.3 is 5.97 Å². The number of hydrogen-bond acceptors (Lipinski definition) is 4. The minimum absolute atomic E-state index is 0.117. The fraction of sp³-hybridized carbons (Fsp3) is 0.533.